The molecule has 0 saturated carbocycles. The third kappa shape index (κ3) is 7.81. The number of sulfone groups is 1. The number of halogens is 4. The molecule has 0 radical (unpaired) electrons. The molecule has 6 nitrogen and oxygen atoms in total. The number of hydrogen-bond acceptors (Lipinski definition) is 6. The molecule has 2 N–H and O–H groups in total. The molecule has 3 aromatic carbocycles. The Morgan fingerprint density at radius 1 is 1.09 bits per heavy atom. The molecule has 186 valence electrons. The smallest absolute Gasteiger partial charge is 0.507 e. The Morgan fingerprint density at radius 3 is 2.29 bits per heavy atom. The van der Waals surface area contributed by atoms with E-state index >= 15 is 0 Å². The molecule has 0 unspecified atom stereocenters. The zero-order chi connectivity index (χ0) is 25.8. The average Bonchev–Trinajstić information content (AvgIpc) is 2.75. The molecule has 0 bridgehead atoms. The molecule has 0 aliphatic rings. The largest absolute Gasteiger partial charge is 0.573 e. The first-order valence-corrected chi connectivity index (χ1v) is 13.2. The summed E-state index contributed by atoms with van der Waals surface area (Å²) in [5.41, 5.74) is 1.20. The van der Waals surface area contributed by atoms with Gasteiger partial charge in [-0.2, -0.15) is 0 Å². The van der Waals surface area contributed by atoms with Crippen LogP contribution in [0.15, 0.2) is 70.5 Å². The number of phenols is 1. The van der Waals surface area contributed by atoms with Crippen molar-refractivity contribution in [3.05, 3.63) is 76.8 Å². The number of alkyl halides is 3. The zero-order valence-electron chi connectivity index (χ0n) is 18.1. The molecule has 0 saturated heterocycles. The lowest BCUT2D eigenvalue weighted by Crippen LogP contribution is -2.17. The van der Waals surface area contributed by atoms with E-state index in [0.29, 0.717) is 17.7 Å². The van der Waals surface area contributed by atoms with Gasteiger partial charge >= 0.3 is 6.36 Å². The van der Waals surface area contributed by atoms with E-state index in [1.807, 2.05) is 0 Å². The van der Waals surface area contributed by atoms with Gasteiger partial charge in [-0.1, -0.05) is 23.7 Å². The maximum absolute atomic E-state index is 12.6. The summed E-state index contributed by atoms with van der Waals surface area (Å²) in [7, 11) is -3.73. The Hall–Kier alpha value is -2.89. The predicted molar refractivity (Wildman–Crippen MR) is 128 cm³/mol. The minimum Gasteiger partial charge on any atom is -0.507 e. The van der Waals surface area contributed by atoms with Crippen molar-refractivity contribution >= 4 is 44.8 Å². The van der Waals surface area contributed by atoms with Crippen LogP contribution < -0.4 is 10.1 Å². The van der Waals surface area contributed by atoms with Gasteiger partial charge in [-0.25, -0.2) is 8.42 Å². The maximum atomic E-state index is 12.6. The van der Waals surface area contributed by atoms with Crippen molar-refractivity contribution in [1.29, 1.82) is 0 Å². The number of hydrogen-bond donors (Lipinski definition) is 2. The highest BCUT2D eigenvalue weighted by molar-refractivity contribution is 7.99. The number of rotatable bonds is 8. The Kier molecular flexibility index (Phi) is 8.24. The summed E-state index contributed by atoms with van der Waals surface area (Å²) in [4.78, 5) is 13.1. The van der Waals surface area contributed by atoms with Gasteiger partial charge in [0, 0.05) is 28.5 Å². The second-order valence-electron chi connectivity index (χ2n) is 7.34. The van der Waals surface area contributed by atoms with Crippen LogP contribution in [0.4, 0.5) is 18.9 Å². The van der Waals surface area contributed by atoms with Gasteiger partial charge in [0.2, 0.25) is 0 Å². The molecule has 0 atom stereocenters. The van der Waals surface area contributed by atoms with Crippen LogP contribution in [0.2, 0.25) is 5.02 Å². The van der Waals surface area contributed by atoms with Crippen molar-refractivity contribution in [2.45, 2.75) is 22.6 Å². The van der Waals surface area contributed by atoms with Crippen LogP contribution in [0.25, 0.3) is 0 Å². The molecule has 0 aliphatic heterocycles. The van der Waals surface area contributed by atoms with Gasteiger partial charge in [-0.3, -0.25) is 4.79 Å². The van der Waals surface area contributed by atoms with E-state index in [0.717, 1.165) is 28.8 Å². The molecule has 0 aliphatic carbocycles. The molecular weight excluding hydrogens is 527 g/mol. The standard InChI is InChI=1S/C23H19ClF3NO5S2/c1-35(31,32)21-13-19(18(24)12-20(21)29)28-22(30)15-4-8-17(9-5-15)34-11-10-14-2-6-16(7-3-14)33-23(25,26)27/h2-9,12-13,29H,10-11H2,1H3,(H,28,30). The molecule has 0 spiro atoms. The fraction of sp³-hybridized carbons (Fsp3) is 0.174. The zero-order valence-corrected chi connectivity index (χ0v) is 20.5. The third-order valence-electron chi connectivity index (χ3n) is 4.63. The molecule has 35 heavy (non-hydrogen) atoms. The molecule has 0 fully saturated rings. The second-order valence-corrected chi connectivity index (χ2v) is 10.9. The number of thioether (sulfide) groups is 1. The van der Waals surface area contributed by atoms with Gasteiger partial charge in [0.15, 0.2) is 9.84 Å². The lowest BCUT2D eigenvalue weighted by atomic mass is 10.2. The van der Waals surface area contributed by atoms with Gasteiger partial charge in [0.1, 0.15) is 16.4 Å². The minimum atomic E-state index is -4.73. The lowest BCUT2D eigenvalue weighted by Gasteiger charge is -2.11. The number of ether oxygens (including phenoxy) is 1. The average molecular weight is 546 g/mol. The first kappa shape index (κ1) is 26.7. The number of benzene rings is 3. The monoisotopic (exact) mass is 545 g/mol. The fourth-order valence-electron chi connectivity index (χ4n) is 2.98. The number of aromatic hydroxyl groups is 1. The van der Waals surface area contributed by atoms with Crippen LogP contribution in [-0.4, -0.2) is 37.8 Å². The van der Waals surface area contributed by atoms with Crippen molar-refractivity contribution in [1.82, 2.24) is 0 Å². The number of carbonyl (C=O) groups excluding carboxylic acids is 1. The van der Waals surface area contributed by atoms with Crippen molar-refractivity contribution in [2.75, 3.05) is 17.3 Å². The number of carbonyl (C=O) groups is 1. The summed E-state index contributed by atoms with van der Waals surface area (Å²) in [5, 5.41) is 12.3. The lowest BCUT2D eigenvalue weighted by molar-refractivity contribution is -0.274. The van der Waals surface area contributed by atoms with Crippen molar-refractivity contribution in [3.8, 4) is 11.5 Å². The van der Waals surface area contributed by atoms with E-state index in [9.17, 15) is 31.5 Å². The van der Waals surface area contributed by atoms with E-state index in [-0.39, 0.29) is 21.4 Å². The molecule has 0 heterocycles. The van der Waals surface area contributed by atoms with Gasteiger partial charge < -0.3 is 15.2 Å². The maximum Gasteiger partial charge on any atom is 0.573 e. The van der Waals surface area contributed by atoms with E-state index in [2.05, 4.69) is 10.1 Å². The molecule has 3 aromatic rings. The summed E-state index contributed by atoms with van der Waals surface area (Å²) in [6.07, 6.45) is -3.19. The highest BCUT2D eigenvalue weighted by atomic mass is 35.5. The summed E-state index contributed by atoms with van der Waals surface area (Å²) in [6.45, 7) is 0. The Morgan fingerprint density at radius 2 is 1.71 bits per heavy atom. The van der Waals surface area contributed by atoms with Gasteiger partial charge in [0.25, 0.3) is 5.91 Å². The molecule has 1 amide bonds. The summed E-state index contributed by atoms with van der Waals surface area (Å²) >= 11 is 7.53. The van der Waals surface area contributed by atoms with E-state index in [4.69, 9.17) is 11.6 Å². The molecule has 3 rings (SSSR count). The van der Waals surface area contributed by atoms with Crippen LogP contribution in [0, 0.1) is 0 Å². The highest BCUT2D eigenvalue weighted by Gasteiger charge is 2.30. The van der Waals surface area contributed by atoms with E-state index in [1.54, 1.807) is 36.4 Å². The normalized spacial score (nSPS) is 11.8. The fourth-order valence-corrected chi connectivity index (χ4v) is 4.86. The van der Waals surface area contributed by atoms with Crippen LogP contribution in [0.1, 0.15) is 15.9 Å². The first-order chi connectivity index (χ1) is 16.3. The molecular formula is C23H19ClF3NO5S2. The van der Waals surface area contributed by atoms with Crippen molar-refractivity contribution < 1.29 is 36.2 Å². The topological polar surface area (TPSA) is 92.7 Å². The number of amides is 1. The predicted octanol–water partition coefficient (Wildman–Crippen LogP) is 5.93. The Bertz CT molecular complexity index is 1310. The highest BCUT2D eigenvalue weighted by Crippen LogP contribution is 2.33. The Labute approximate surface area is 209 Å². The SMILES string of the molecule is CS(=O)(=O)c1cc(NC(=O)c2ccc(SCCc3ccc(OC(F)(F)F)cc3)cc2)c(Cl)cc1O. The number of anilines is 1. The van der Waals surface area contributed by atoms with E-state index < -0.39 is 27.9 Å². The number of phenolic OH excluding ortho intramolecular Hbond substituents is 1. The Balaban J connectivity index is 1.57. The van der Waals surface area contributed by atoms with Gasteiger partial charge in [-0.15, -0.1) is 24.9 Å². The van der Waals surface area contributed by atoms with E-state index in [1.165, 1.54) is 23.9 Å². The molecule has 0 aromatic heterocycles. The quantitative estimate of drug-likeness (QED) is 0.269. The van der Waals surface area contributed by atoms with Gasteiger partial charge in [0.05, 0.1) is 10.7 Å². The first-order valence-electron chi connectivity index (χ1n) is 9.93. The van der Waals surface area contributed by atoms with Crippen LogP contribution in [0.5, 0.6) is 11.5 Å². The van der Waals surface area contributed by atoms with Crippen molar-refractivity contribution in [3.63, 3.8) is 0 Å². The number of aryl methyl sites for hydroxylation is 1. The summed E-state index contributed by atoms with van der Waals surface area (Å²) < 4.78 is 64.1. The third-order valence-corrected chi connectivity index (χ3v) is 7.08. The molecule has 12 heteroatoms. The second kappa shape index (κ2) is 10.8. The summed E-state index contributed by atoms with van der Waals surface area (Å²) in [6, 6.07) is 14.5. The summed E-state index contributed by atoms with van der Waals surface area (Å²) in [5.74, 6) is -0.649. The van der Waals surface area contributed by atoms with Crippen LogP contribution in [0.3, 0.4) is 0 Å². The van der Waals surface area contributed by atoms with Gasteiger partial charge in [-0.05, 0) is 54.4 Å². The number of nitrogens with one attached hydrogen (secondary N) is 1. The van der Waals surface area contributed by atoms with Crippen LogP contribution >= 0.6 is 23.4 Å². The minimum absolute atomic E-state index is 0.0200. The van der Waals surface area contributed by atoms with Crippen molar-refractivity contribution in [2.24, 2.45) is 0 Å². The van der Waals surface area contributed by atoms with Crippen LogP contribution in [-0.2, 0) is 16.3 Å².